The van der Waals surface area contributed by atoms with Crippen LogP contribution in [0.3, 0.4) is 0 Å². The second-order valence-electron chi connectivity index (χ2n) is 5.48. The summed E-state index contributed by atoms with van der Waals surface area (Å²) in [5, 5.41) is 0. The van der Waals surface area contributed by atoms with E-state index in [1.54, 1.807) is 6.92 Å². The number of ether oxygens (including phenoxy) is 3. The van der Waals surface area contributed by atoms with Crippen molar-refractivity contribution in [2.24, 2.45) is 4.99 Å². The SMILES string of the molecule is CCOc1cc(/C=C2\N=C(c3ccc(F)cc3F)OC2=O)ccc1OC(F)F. The summed E-state index contributed by atoms with van der Waals surface area (Å²) in [5.74, 6) is -2.97. The third-order valence-corrected chi connectivity index (χ3v) is 3.57. The molecular weight excluding hydrogens is 382 g/mol. The van der Waals surface area contributed by atoms with Crippen molar-refractivity contribution in [3.63, 3.8) is 0 Å². The number of cyclic esters (lactones) is 1. The number of carbonyl (C=O) groups excluding carboxylic acids is 1. The number of hydrogen-bond acceptors (Lipinski definition) is 5. The van der Waals surface area contributed by atoms with E-state index in [0.29, 0.717) is 11.6 Å². The lowest BCUT2D eigenvalue weighted by molar-refractivity contribution is -0.129. The highest BCUT2D eigenvalue weighted by molar-refractivity contribution is 6.12. The quantitative estimate of drug-likeness (QED) is 0.416. The van der Waals surface area contributed by atoms with Crippen LogP contribution in [0.5, 0.6) is 11.5 Å². The predicted molar refractivity (Wildman–Crippen MR) is 91.2 cm³/mol. The molecule has 0 unspecified atom stereocenters. The number of esters is 1. The number of hydrogen-bond donors (Lipinski definition) is 0. The maximum atomic E-state index is 13.8. The van der Waals surface area contributed by atoms with Crippen LogP contribution in [-0.4, -0.2) is 25.1 Å². The summed E-state index contributed by atoms with van der Waals surface area (Å²) >= 11 is 0. The van der Waals surface area contributed by atoms with E-state index in [9.17, 15) is 22.4 Å². The monoisotopic (exact) mass is 395 g/mol. The van der Waals surface area contributed by atoms with Crippen LogP contribution in [0.15, 0.2) is 47.1 Å². The van der Waals surface area contributed by atoms with Gasteiger partial charge in [-0.25, -0.2) is 18.6 Å². The van der Waals surface area contributed by atoms with Gasteiger partial charge in [0.2, 0.25) is 5.90 Å². The Morgan fingerprint density at radius 2 is 1.93 bits per heavy atom. The van der Waals surface area contributed by atoms with Gasteiger partial charge in [0.25, 0.3) is 0 Å². The van der Waals surface area contributed by atoms with E-state index < -0.39 is 24.2 Å². The molecule has 9 heteroatoms. The molecule has 0 fully saturated rings. The molecule has 0 spiro atoms. The molecule has 1 heterocycles. The first-order chi connectivity index (χ1) is 13.4. The van der Waals surface area contributed by atoms with E-state index in [1.165, 1.54) is 24.3 Å². The lowest BCUT2D eigenvalue weighted by Gasteiger charge is -2.11. The van der Waals surface area contributed by atoms with Crippen molar-refractivity contribution in [1.29, 1.82) is 0 Å². The summed E-state index contributed by atoms with van der Waals surface area (Å²) in [7, 11) is 0. The van der Waals surface area contributed by atoms with Crippen LogP contribution >= 0.6 is 0 Å². The fraction of sp³-hybridized carbons (Fsp3) is 0.158. The minimum absolute atomic E-state index is 0.0531. The zero-order valence-electron chi connectivity index (χ0n) is 14.4. The average Bonchev–Trinajstić information content (AvgIpc) is 2.97. The summed E-state index contributed by atoms with van der Waals surface area (Å²) in [5.41, 5.74) is 0.0686. The summed E-state index contributed by atoms with van der Waals surface area (Å²) < 4.78 is 66.4. The van der Waals surface area contributed by atoms with Gasteiger partial charge >= 0.3 is 12.6 Å². The van der Waals surface area contributed by atoms with Gasteiger partial charge in [-0.3, -0.25) is 0 Å². The number of rotatable bonds is 6. The average molecular weight is 395 g/mol. The number of nitrogens with zero attached hydrogens (tertiary/aromatic N) is 1. The van der Waals surface area contributed by atoms with Crippen molar-refractivity contribution in [3.05, 3.63) is 64.9 Å². The highest BCUT2D eigenvalue weighted by Gasteiger charge is 2.26. The van der Waals surface area contributed by atoms with Crippen molar-refractivity contribution in [3.8, 4) is 11.5 Å². The molecule has 0 saturated heterocycles. The van der Waals surface area contributed by atoms with Gasteiger partial charge in [0.1, 0.15) is 11.6 Å². The molecule has 0 N–H and O–H groups in total. The Kier molecular flexibility index (Phi) is 5.62. The summed E-state index contributed by atoms with van der Waals surface area (Å²) in [6, 6.07) is 6.80. The molecule has 0 aliphatic carbocycles. The highest BCUT2D eigenvalue weighted by atomic mass is 19.3. The molecule has 1 aliphatic rings. The van der Waals surface area contributed by atoms with Gasteiger partial charge in [0, 0.05) is 6.07 Å². The predicted octanol–water partition coefficient (Wildman–Crippen LogP) is 4.31. The van der Waals surface area contributed by atoms with Crippen molar-refractivity contribution < 1.29 is 36.6 Å². The Bertz CT molecular complexity index is 972. The fourth-order valence-electron chi connectivity index (χ4n) is 2.42. The zero-order chi connectivity index (χ0) is 20.3. The van der Waals surface area contributed by atoms with Crippen molar-refractivity contribution in [1.82, 2.24) is 0 Å². The molecule has 0 bridgehead atoms. The van der Waals surface area contributed by atoms with Gasteiger partial charge in [-0.15, -0.1) is 0 Å². The zero-order valence-corrected chi connectivity index (χ0v) is 14.4. The van der Waals surface area contributed by atoms with Gasteiger partial charge in [-0.1, -0.05) is 6.07 Å². The Morgan fingerprint density at radius 3 is 2.61 bits per heavy atom. The summed E-state index contributed by atoms with van der Waals surface area (Å²) in [6.07, 6.45) is 1.31. The summed E-state index contributed by atoms with van der Waals surface area (Å²) in [6.45, 7) is -1.15. The molecule has 1 aliphatic heterocycles. The van der Waals surface area contributed by atoms with Crippen LogP contribution < -0.4 is 9.47 Å². The van der Waals surface area contributed by atoms with Gasteiger partial charge in [-0.05, 0) is 42.8 Å². The fourth-order valence-corrected chi connectivity index (χ4v) is 2.42. The lowest BCUT2D eigenvalue weighted by atomic mass is 10.1. The molecule has 2 aromatic rings. The van der Waals surface area contributed by atoms with E-state index in [2.05, 4.69) is 9.73 Å². The first-order valence-corrected chi connectivity index (χ1v) is 8.07. The van der Waals surface area contributed by atoms with Gasteiger partial charge in [0.05, 0.1) is 12.2 Å². The van der Waals surface area contributed by atoms with Gasteiger partial charge in [0.15, 0.2) is 17.2 Å². The standard InChI is InChI=1S/C19H13F4NO4/c1-2-26-16-8-10(3-6-15(16)27-19(22)23)7-14-18(25)28-17(24-14)12-5-4-11(20)9-13(12)21/h3-9,19H,2H2,1H3/b14-7-. The number of carbonyl (C=O) groups is 1. The lowest BCUT2D eigenvalue weighted by Crippen LogP contribution is -2.07. The Morgan fingerprint density at radius 1 is 1.14 bits per heavy atom. The molecule has 0 atom stereocenters. The number of alkyl halides is 2. The van der Waals surface area contributed by atoms with Crippen LogP contribution in [-0.2, 0) is 9.53 Å². The maximum Gasteiger partial charge on any atom is 0.387 e. The minimum Gasteiger partial charge on any atom is -0.490 e. The van der Waals surface area contributed by atoms with Gasteiger partial charge < -0.3 is 14.2 Å². The van der Waals surface area contributed by atoms with Crippen LogP contribution in [0.2, 0.25) is 0 Å². The minimum atomic E-state index is -3.02. The molecule has 2 aromatic carbocycles. The molecule has 0 radical (unpaired) electrons. The van der Waals surface area contributed by atoms with E-state index in [4.69, 9.17) is 9.47 Å². The van der Waals surface area contributed by atoms with Crippen LogP contribution in [0.4, 0.5) is 17.6 Å². The molecule has 5 nitrogen and oxygen atoms in total. The van der Waals surface area contributed by atoms with E-state index in [0.717, 1.165) is 12.1 Å². The number of halogens is 4. The van der Waals surface area contributed by atoms with Crippen molar-refractivity contribution in [2.45, 2.75) is 13.5 Å². The number of aliphatic imine (C=N–C) groups is 1. The molecular formula is C19H13F4NO4. The first-order valence-electron chi connectivity index (χ1n) is 8.07. The third-order valence-electron chi connectivity index (χ3n) is 3.57. The molecule has 0 saturated carbocycles. The third kappa shape index (κ3) is 4.30. The highest BCUT2D eigenvalue weighted by Crippen LogP contribution is 2.31. The molecule has 146 valence electrons. The molecule has 3 rings (SSSR count). The van der Waals surface area contributed by atoms with E-state index >= 15 is 0 Å². The largest absolute Gasteiger partial charge is 0.490 e. The maximum absolute atomic E-state index is 13.8. The first kappa shape index (κ1) is 19.4. The normalized spacial score (nSPS) is 15.0. The van der Waals surface area contributed by atoms with E-state index in [-0.39, 0.29) is 35.3 Å². The molecule has 0 aromatic heterocycles. The second-order valence-corrected chi connectivity index (χ2v) is 5.48. The summed E-state index contributed by atoms with van der Waals surface area (Å²) in [4.78, 5) is 15.9. The second kappa shape index (κ2) is 8.12. The smallest absolute Gasteiger partial charge is 0.387 e. The molecule has 28 heavy (non-hydrogen) atoms. The van der Waals surface area contributed by atoms with Gasteiger partial charge in [-0.2, -0.15) is 8.78 Å². The topological polar surface area (TPSA) is 57.1 Å². The van der Waals surface area contributed by atoms with Crippen molar-refractivity contribution >= 4 is 17.9 Å². The van der Waals surface area contributed by atoms with Crippen molar-refractivity contribution in [2.75, 3.05) is 6.61 Å². The van der Waals surface area contributed by atoms with Crippen LogP contribution in [0.1, 0.15) is 18.1 Å². The molecule has 0 amide bonds. The number of benzene rings is 2. The Balaban J connectivity index is 1.93. The van der Waals surface area contributed by atoms with Crippen LogP contribution in [0, 0.1) is 11.6 Å². The van der Waals surface area contributed by atoms with Crippen LogP contribution in [0.25, 0.3) is 6.08 Å². The Hall–Kier alpha value is -3.36. The Labute approximate surface area is 156 Å². The van der Waals surface area contributed by atoms with E-state index in [1.807, 2.05) is 0 Å².